The number of nitrogens with one attached hydrogen (secondary N) is 1. The molecule has 1 amide bonds. The molecular formula is C21H18ClN3O3. The van der Waals surface area contributed by atoms with Crippen LogP contribution in [0.2, 0.25) is 5.02 Å². The maximum absolute atomic E-state index is 13.1. The van der Waals surface area contributed by atoms with E-state index in [1.54, 1.807) is 25.1 Å². The SMILES string of the molecule is Cc1cc(-c2cc(C(=O)Nc3cccc(Cl)c3C)c3c(C)noc3n2)c(C)o1. The molecule has 0 bridgehead atoms. The molecule has 0 aliphatic rings. The summed E-state index contributed by atoms with van der Waals surface area (Å²) in [6.45, 7) is 7.35. The van der Waals surface area contributed by atoms with Gasteiger partial charge in [0.1, 0.15) is 11.5 Å². The molecule has 0 aliphatic carbocycles. The summed E-state index contributed by atoms with van der Waals surface area (Å²) in [5, 5.41) is 8.08. The van der Waals surface area contributed by atoms with Crippen molar-refractivity contribution < 1.29 is 13.7 Å². The fraction of sp³-hybridized carbons (Fsp3) is 0.190. The predicted molar refractivity (Wildman–Crippen MR) is 108 cm³/mol. The van der Waals surface area contributed by atoms with Gasteiger partial charge in [-0.05, 0) is 57.5 Å². The average Bonchev–Trinajstić information content (AvgIpc) is 3.20. The topological polar surface area (TPSA) is 81.2 Å². The Balaban J connectivity index is 1.85. The van der Waals surface area contributed by atoms with Crippen LogP contribution in [0.4, 0.5) is 5.69 Å². The van der Waals surface area contributed by atoms with Crippen molar-refractivity contribution in [2.45, 2.75) is 27.7 Å². The molecule has 7 heteroatoms. The highest BCUT2D eigenvalue weighted by molar-refractivity contribution is 6.31. The number of pyridine rings is 1. The Kier molecular flexibility index (Phi) is 4.43. The molecule has 4 rings (SSSR count). The molecule has 6 nitrogen and oxygen atoms in total. The average molecular weight is 396 g/mol. The summed E-state index contributed by atoms with van der Waals surface area (Å²) < 4.78 is 11.0. The van der Waals surface area contributed by atoms with E-state index in [2.05, 4.69) is 15.5 Å². The van der Waals surface area contributed by atoms with Gasteiger partial charge >= 0.3 is 0 Å². The molecular weight excluding hydrogens is 378 g/mol. The molecule has 1 N–H and O–H groups in total. The number of furan rings is 1. The number of halogens is 1. The van der Waals surface area contributed by atoms with Crippen LogP contribution in [-0.2, 0) is 0 Å². The Bertz CT molecular complexity index is 1220. The van der Waals surface area contributed by atoms with Crippen LogP contribution in [-0.4, -0.2) is 16.0 Å². The van der Waals surface area contributed by atoms with Crippen molar-refractivity contribution in [2.75, 3.05) is 5.32 Å². The summed E-state index contributed by atoms with van der Waals surface area (Å²) in [5.41, 5.74) is 4.17. The molecule has 1 aromatic carbocycles. The molecule has 0 unspecified atom stereocenters. The molecule has 0 fully saturated rings. The van der Waals surface area contributed by atoms with Crippen LogP contribution in [0.5, 0.6) is 0 Å². The van der Waals surface area contributed by atoms with E-state index < -0.39 is 0 Å². The zero-order chi connectivity index (χ0) is 20.0. The van der Waals surface area contributed by atoms with E-state index in [-0.39, 0.29) is 5.91 Å². The number of anilines is 1. The lowest BCUT2D eigenvalue weighted by atomic mass is 10.0. The number of aromatic nitrogens is 2. The lowest BCUT2D eigenvalue weighted by Gasteiger charge is -2.11. The van der Waals surface area contributed by atoms with E-state index in [4.69, 9.17) is 20.5 Å². The summed E-state index contributed by atoms with van der Waals surface area (Å²) in [4.78, 5) is 17.7. The number of carbonyl (C=O) groups is 1. The third-order valence-electron chi connectivity index (χ3n) is 4.69. The number of nitrogens with zero attached hydrogens (tertiary/aromatic N) is 2. The van der Waals surface area contributed by atoms with E-state index in [0.717, 1.165) is 22.6 Å². The Hall–Kier alpha value is -3.12. The number of aryl methyl sites for hydroxylation is 3. The molecule has 0 saturated heterocycles. The molecule has 0 spiro atoms. The van der Waals surface area contributed by atoms with Gasteiger partial charge in [-0.15, -0.1) is 0 Å². The first-order valence-electron chi connectivity index (χ1n) is 8.76. The molecule has 142 valence electrons. The van der Waals surface area contributed by atoms with Crippen molar-refractivity contribution in [3.8, 4) is 11.3 Å². The van der Waals surface area contributed by atoms with Gasteiger partial charge < -0.3 is 14.3 Å². The smallest absolute Gasteiger partial charge is 0.259 e. The highest BCUT2D eigenvalue weighted by Crippen LogP contribution is 2.31. The highest BCUT2D eigenvalue weighted by Gasteiger charge is 2.21. The Morgan fingerprint density at radius 2 is 1.93 bits per heavy atom. The standard InChI is InChI=1S/C21H18ClN3O3/c1-10-8-14(13(4)27-10)18-9-15(19-12(3)25-28-21(19)24-18)20(26)23-17-7-5-6-16(22)11(17)2/h5-9H,1-4H3,(H,23,26). The minimum Gasteiger partial charge on any atom is -0.466 e. The third-order valence-corrected chi connectivity index (χ3v) is 5.10. The Morgan fingerprint density at radius 3 is 2.64 bits per heavy atom. The van der Waals surface area contributed by atoms with Crippen LogP contribution in [0.1, 0.15) is 33.1 Å². The van der Waals surface area contributed by atoms with E-state index in [9.17, 15) is 4.79 Å². The second-order valence-electron chi connectivity index (χ2n) is 6.70. The van der Waals surface area contributed by atoms with Gasteiger partial charge in [-0.1, -0.05) is 22.8 Å². The van der Waals surface area contributed by atoms with Gasteiger partial charge in [-0.2, -0.15) is 0 Å². The lowest BCUT2D eigenvalue weighted by molar-refractivity contribution is 0.102. The van der Waals surface area contributed by atoms with Crippen LogP contribution in [0, 0.1) is 27.7 Å². The van der Waals surface area contributed by atoms with Crippen LogP contribution in [0.15, 0.2) is 39.3 Å². The minimum atomic E-state index is -0.289. The fourth-order valence-corrected chi connectivity index (χ4v) is 3.40. The van der Waals surface area contributed by atoms with Crippen LogP contribution >= 0.6 is 11.6 Å². The Labute approximate surface area is 166 Å². The quantitative estimate of drug-likeness (QED) is 0.486. The van der Waals surface area contributed by atoms with Gasteiger partial charge in [0.15, 0.2) is 0 Å². The minimum absolute atomic E-state index is 0.289. The first-order chi connectivity index (χ1) is 13.3. The van der Waals surface area contributed by atoms with Crippen molar-refractivity contribution in [1.29, 1.82) is 0 Å². The van der Waals surface area contributed by atoms with Crippen molar-refractivity contribution >= 4 is 34.3 Å². The van der Waals surface area contributed by atoms with Crippen LogP contribution < -0.4 is 5.32 Å². The van der Waals surface area contributed by atoms with Crippen molar-refractivity contribution in [3.05, 3.63) is 63.7 Å². The molecule has 3 heterocycles. The molecule has 28 heavy (non-hydrogen) atoms. The highest BCUT2D eigenvalue weighted by atomic mass is 35.5. The fourth-order valence-electron chi connectivity index (χ4n) is 3.23. The van der Waals surface area contributed by atoms with Crippen molar-refractivity contribution in [3.63, 3.8) is 0 Å². The molecule has 0 aliphatic heterocycles. The number of rotatable bonds is 3. The summed E-state index contributed by atoms with van der Waals surface area (Å²) in [6.07, 6.45) is 0. The number of fused-ring (bicyclic) bond motifs is 1. The summed E-state index contributed by atoms with van der Waals surface area (Å²) in [6, 6.07) is 9.00. The van der Waals surface area contributed by atoms with Gasteiger partial charge in [0.25, 0.3) is 11.6 Å². The molecule has 4 aromatic rings. The van der Waals surface area contributed by atoms with Crippen LogP contribution in [0.25, 0.3) is 22.4 Å². The van der Waals surface area contributed by atoms with Crippen LogP contribution in [0.3, 0.4) is 0 Å². The number of amides is 1. The summed E-state index contributed by atoms with van der Waals surface area (Å²) in [7, 11) is 0. The maximum atomic E-state index is 13.1. The zero-order valence-electron chi connectivity index (χ0n) is 15.9. The molecule has 0 atom stereocenters. The number of hydrogen-bond acceptors (Lipinski definition) is 5. The van der Waals surface area contributed by atoms with E-state index >= 15 is 0 Å². The van der Waals surface area contributed by atoms with Gasteiger partial charge in [-0.3, -0.25) is 4.79 Å². The maximum Gasteiger partial charge on any atom is 0.259 e. The number of benzene rings is 1. The second-order valence-corrected chi connectivity index (χ2v) is 7.10. The number of carbonyl (C=O) groups excluding carboxylic acids is 1. The molecule has 0 saturated carbocycles. The third kappa shape index (κ3) is 3.05. The number of hydrogen-bond donors (Lipinski definition) is 1. The van der Waals surface area contributed by atoms with E-state index in [1.165, 1.54) is 0 Å². The first-order valence-corrected chi connectivity index (χ1v) is 9.14. The van der Waals surface area contributed by atoms with Gasteiger partial charge in [0.05, 0.1) is 22.3 Å². The van der Waals surface area contributed by atoms with E-state index in [1.807, 2.05) is 32.9 Å². The molecule has 3 aromatic heterocycles. The summed E-state index contributed by atoms with van der Waals surface area (Å²) in [5.74, 6) is 1.20. The largest absolute Gasteiger partial charge is 0.466 e. The van der Waals surface area contributed by atoms with Gasteiger partial charge in [-0.25, -0.2) is 4.98 Å². The summed E-state index contributed by atoms with van der Waals surface area (Å²) >= 11 is 6.17. The molecule has 0 radical (unpaired) electrons. The predicted octanol–water partition coefficient (Wildman–Crippen LogP) is 5.62. The monoisotopic (exact) mass is 395 g/mol. The second kappa shape index (κ2) is 6.80. The Morgan fingerprint density at radius 1 is 1.14 bits per heavy atom. The van der Waals surface area contributed by atoms with E-state index in [0.29, 0.717) is 38.8 Å². The zero-order valence-corrected chi connectivity index (χ0v) is 16.6. The normalized spacial score (nSPS) is 11.2. The van der Waals surface area contributed by atoms with Gasteiger partial charge in [0.2, 0.25) is 0 Å². The van der Waals surface area contributed by atoms with Gasteiger partial charge in [0, 0.05) is 16.3 Å². The first kappa shape index (κ1) is 18.3. The van der Waals surface area contributed by atoms with Crippen molar-refractivity contribution in [1.82, 2.24) is 10.1 Å². The van der Waals surface area contributed by atoms with Crippen molar-refractivity contribution in [2.24, 2.45) is 0 Å². The lowest BCUT2D eigenvalue weighted by Crippen LogP contribution is -2.14.